The molecule has 2 aromatic heterocycles. The van der Waals surface area contributed by atoms with Crippen LogP contribution in [0.5, 0.6) is 0 Å². The van der Waals surface area contributed by atoms with Crippen LogP contribution in [0.3, 0.4) is 0 Å². The molecule has 1 aliphatic rings. The topological polar surface area (TPSA) is 68.6 Å². The number of piperidine rings is 1. The molecule has 1 saturated heterocycles. The summed E-state index contributed by atoms with van der Waals surface area (Å²) in [7, 11) is 0. The quantitative estimate of drug-likeness (QED) is 0.756. The summed E-state index contributed by atoms with van der Waals surface area (Å²) < 4.78 is 41.6. The van der Waals surface area contributed by atoms with Crippen LogP contribution < -0.4 is 4.90 Å². The lowest BCUT2D eigenvalue weighted by atomic mass is 10.0. The molecule has 0 aliphatic carbocycles. The number of hydrogen-bond acceptors (Lipinski definition) is 4. The zero-order valence-corrected chi connectivity index (χ0v) is 13.6. The predicted molar refractivity (Wildman–Crippen MR) is 90.4 cm³/mol. The van der Waals surface area contributed by atoms with Crippen LogP contribution in [0, 0.1) is 17.1 Å². The minimum atomic E-state index is -2.67. The number of fused-ring (bicyclic) bond motifs is 1. The highest BCUT2D eigenvalue weighted by Gasteiger charge is 2.35. The first-order valence-corrected chi connectivity index (χ1v) is 8.14. The van der Waals surface area contributed by atoms with E-state index in [0.717, 1.165) is 0 Å². The number of rotatable bonds is 2. The highest BCUT2D eigenvalue weighted by Crippen LogP contribution is 2.37. The fourth-order valence-corrected chi connectivity index (χ4v) is 3.27. The number of benzene rings is 1. The Hall–Kier alpha value is -3.08. The molecule has 3 aromatic rings. The summed E-state index contributed by atoms with van der Waals surface area (Å²) in [4.78, 5) is 13.2. The van der Waals surface area contributed by atoms with Gasteiger partial charge in [-0.2, -0.15) is 5.26 Å². The lowest BCUT2D eigenvalue weighted by Gasteiger charge is -2.32. The maximum absolute atomic E-state index is 14.6. The number of aromatic amines is 1. The molecule has 0 atom stereocenters. The van der Waals surface area contributed by atoms with Crippen LogP contribution in [0.4, 0.5) is 19.0 Å². The first kappa shape index (κ1) is 16.4. The van der Waals surface area contributed by atoms with Crippen molar-refractivity contribution >= 4 is 16.9 Å². The summed E-state index contributed by atoms with van der Waals surface area (Å²) in [6.07, 6.45) is 2.45. The molecule has 0 spiro atoms. The van der Waals surface area contributed by atoms with Gasteiger partial charge in [-0.1, -0.05) is 12.1 Å². The Bertz CT molecular complexity index is 1010. The minimum Gasteiger partial charge on any atom is -0.355 e. The molecule has 1 aromatic carbocycles. The monoisotopic (exact) mass is 357 g/mol. The highest BCUT2D eigenvalue weighted by molar-refractivity contribution is 6.01. The van der Waals surface area contributed by atoms with Crippen LogP contribution >= 0.6 is 0 Å². The molecule has 0 bridgehead atoms. The number of halogens is 3. The largest absolute Gasteiger partial charge is 0.355 e. The maximum Gasteiger partial charge on any atom is 0.251 e. The first-order valence-electron chi connectivity index (χ1n) is 8.14. The molecule has 3 heterocycles. The van der Waals surface area contributed by atoms with E-state index in [-0.39, 0.29) is 37.1 Å². The van der Waals surface area contributed by atoms with E-state index in [9.17, 15) is 13.2 Å². The molecule has 1 N–H and O–H groups in total. The highest BCUT2D eigenvalue weighted by atomic mass is 19.3. The van der Waals surface area contributed by atoms with E-state index in [1.165, 1.54) is 12.4 Å². The van der Waals surface area contributed by atoms with Crippen molar-refractivity contribution in [3.63, 3.8) is 0 Å². The third-order valence-corrected chi connectivity index (χ3v) is 4.65. The number of hydrogen-bond donors (Lipinski definition) is 1. The molecule has 132 valence electrons. The number of nitriles is 1. The number of aromatic nitrogens is 3. The van der Waals surface area contributed by atoms with Crippen molar-refractivity contribution in [3.8, 4) is 17.2 Å². The molecule has 0 saturated carbocycles. The summed E-state index contributed by atoms with van der Waals surface area (Å²) in [6, 6.07) is 6.39. The van der Waals surface area contributed by atoms with Crippen LogP contribution in [-0.2, 0) is 0 Å². The van der Waals surface area contributed by atoms with Gasteiger partial charge >= 0.3 is 0 Å². The van der Waals surface area contributed by atoms with Gasteiger partial charge in [-0.3, -0.25) is 0 Å². The van der Waals surface area contributed by atoms with Gasteiger partial charge in [0.2, 0.25) is 0 Å². The van der Waals surface area contributed by atoms with Crippen LogP contribution in [0.15, 0.2) is 30.7 Å². The van der Waals surface area contributed by atoms with E-state index >= 15 is 0 Å². The smallest absolute Gasteiger partial charge is 0.251 e. The van der Waals surface area contributed by atoms with Crippen LogP contribution in [0.2, 0.25) is 0 Å². The first-order chi connectivity index (χ1) is 12.5. The number of H-pyrrole nitrogens is 1. The second-order valence-corrected chi connectivity index (χ2v) is 6.25. The van der Waals surface area contributed by atoms with Gasteiger partial charge < -0.3 is 9.88 Å². The van der Waals surface area contributed by atoms with Crippen molar-refractivity contribution in [2.24, 2.45) is 0 Å². The molecular formula is C18H14F3N5. The van der Waals surface area contributed by atoms with E-state index in [1.54, 1.807) is 23.2 Å². The lowest BCUT2D eigenvalue weighted by Crippen LogP contribution is -2.39. The maximum atomic E-state index is 14.6. The van der Waals surface area contributed by atoms with Gasteiger partial charge in [0.05, 0.1) is 10.9 Å². The Morgan fingerprint density at radius 3 is 2.65 bits per heavy atom. The fraction of sp³-hybridized carbons (Fsp3) is 0.278. The van der Waals surface area contributed by atoms with Crippen LogP contribution in [0.1, 0.15) is 18.4 Å². The van der Waals surface area contributed by atoms with Gasteiger partial charge in [-0.05, 0) is 6.07 Å². The Kier molecular flexibility index (Phi) is 3.80. The SMILES string of the molecule is N#Cc1cccc(-c2c[nH]c3ncnc(N4CCC(F)(F)CC4)c23)c1F. The lowest BCUT2D eigenvalue weighted by molar-refractivity contribution is -0.0221. The minimum absolute atomic E-state index is 0.0622. The van der Waals surface area contributed by atoms with E-state index in [2.05, 4.69) is 15.0 Å². The van der Waals surface area contributed by atoms with Crippen molar-refractivity contribution in [1.29, 1.82) is 5.26 Å². The molecule has 5 nitrogen and oxygen atoms in total. The molecule has 8 heteroatoms. The number of nitrogens with one attached hydrogen (secondary N) is 1. The zero-order valence-electron chi connectivity index (χ0n) is 13.6. The third kappa shape index (κ3) is 2.65. The molecule has 0 amide bonds. The van der Waals surface area contributed by atoms with Gasteiger partial charge in [-0.25, -0.2) is 23.1 Å². The number of alkyl halides is 2. The Labute approximate surface area is 147 Å². The second kappa shape index (κ2) is 6.02. The van der Waals surface area contributed by atoms with Gasteiger partial charge in [0, 0.05) is 43.3 Å². The molecule has 0 unspecified atom stereocenters. The standard InChI is InChI=1S/C18H14F3N5/c19-15-11(8-22)2-1-3-12(15)13-9-23-16-14(13)17(25-10-24-16)26-6-4-18(20,21)5-7-26/h1-3,9-10H,4-7H2,(H,23,24,25). The molecule has 1 fully saturated rings. The van der Waals surface area contributed by atoms with Crippen molar-refractivity contribution in [2.45, 2.75) is 18.8 Å². The summed E-state index contributed by atoms with van der Waals surface area (Å²) in [5.41, 5.74) is 1.17. The van der Waals surface area contributed by atoms with Crippen molar-refractivity contribution in [3.05, 3.63) is 42.1 Å². The fourth-order valence-electron chi connectivity index (χ4n) is 3.27. The van der Waals surface area contributed by atoms with Gasteiger partial charge in [0.15, 0.2) is 0 Å². The Morgan fingerprint density at radius 1 is 1.15 bits per heavy atom. The van der Waals surface area contributed by atoms with Crippen molar-refractivity contribution in [1.82, 2.24) is 15.0 Å². The summed E-state index contributed by atoms with van der Waals surface area (Å²) in [5.74, 6) is -2.81. The van der Waals surface area contributed by atoms with E-state index < -0.39 is 11.7 Å². The molecular weight excluding hydrogens is 343 g/mol. The second-order valence-electron chi connectivity index (χ2n) is 6.25. The summed E-state index contributed by atoms with van der Waals surface area (Å²) >= 11 is 0. The van der Waals surface area contributed by atoms with Crippen molar-refractivity contribution < 1.29 is 13.2 Å². The molecule has 4 rings (SSSR count). The number of anilines is 1. The van der Waals surface area contributed by atoms with Crippen LogP contribution in [-0.4, -0.2) is 34.0 Å². The normalized spacial score (nSPS) is 16.6. The van der Waals surface area contributed by atoms with Gasteiger partial charge in [0.25, 0.3) is 5.92 Å². The Morgan fingerprint density at radius 2 is 1.92 bits per heavy atom. The summed E-state index contributed by atoms with van der Waals surface area (Å²) in [6.45, 7) is 0.314. The van der Waals surface area contributed by atoms with E-state index in [0.29, 0.717) is 22.4 Å². The molecule has 26 heavy (non-hydrogen) atoms. The van der Waals surface area contributed by atoms with E-state index in [4.69, 9.17) is 5.26 Å². The van der Waals surface area contributed by atoms with Crippen molar-refractivity contribution in [2.75, 3.05) is 18.0 Å². The number of nitrogens with zero attached hydrogens (tertiary/aromatic N) is 4. The van der Waals surface area contributed by atoms with Gasteiger partial charge in [0.1, 0.15) is 29.7 Å². The molecule has 1 aliphatic heterocycles. The van der Waals surface area contributed by atoms with Crippen LogP contribution in [0.25, 0.3) is 22.2 Å². The average molecular weight is 357 g/mol. The molecule has 0 radical (unpaired) electrons. The zero-order chi connectivity index (χ0) is 18.3. The van der Waals surface area contributed by atoms with E-state index in [1.807, 2.05) is 6.07 Å². The summed E-state index contributed by atoms with van der Waals surface area (Å²) in [5, 5.41) is 9.62. The Balaban J connectivity index is 1.85. The van der Waals surface area contributed by atoms with Gasteiger partial charge in [-0.15, -0.1) is 0 Å². The third-order valence-electron chi connectivity index (χ3n) is 4.65. The predicted octanol–water partition coefficient (Wildman–Crippen LogP) is 3.87. The average Bonchev–Trinajstić information content (AvgIpc) is 3.06.